The second-order valence-electron chi connectivity index (χ2n) is 4.40. The van der Waals surface area contributed by atoms with Crippen molar-refractivity contribution in [2.45, 2.75) is 6.92 Å². The van der Waals surface area contributed by atoms with Gasteiger partial charge in [-0.15, -0.1) is 0 Å². The van der Waals surface area contributed by atoms with E-state index in [9.17, 15) is 20.1 Å². The fraction of sp³-hybridized carbons (Fsp3) is 0.0625. The van der Waals surface area contributed by atoms with Gasteiger partial charge in [-0.1, -0.05) is 24.3 Å². The van der Waals surface area contributed by atoms with E-state index in [1.54, 1.807) is 24.3 Å². The topological polar surface area (TPSA) is 87.0 Å². The second kappa shape index (κ2) is 6.00. The number of phenols is 3. The minimum atomic E-state index is -0.506. The second-order valence-corrected chi connectivity index (χ2v) is 4.40. The molecule has 3 N–H and O–H groups in total. The zero-order valence-corrected chi connectivity index (χ0v) is 11.3. The van der Waals surface area contributed by atoms with Crippen molar-refractivity contribution >= 4 is 18.1 Å². The average molecular weight is 286 g/mol. The third-order valence-electron chi connectivity index (χ3n) is 2.70. The van der Waals surface area contributed by atoms with Crippen LogP contribution in [0, 0.1) is 0 Å². The molecule has 2 aromatic rings. The van der Waals surface area contributed by atoms with E-state index in [0.717, 1.165) is 0 Å². The quantitative estimate of drug-likeness (QED) is 0.349. The maximum absolute atomic E-state index is 10.8. The van der Waals surface area contributed by atoms with Crippen LogP contribution in [0.2, 0.25) is 0 Å². The van der Waals surface area contributed by atoms with Crippen molar-refractivity contribution in [1.29, 1.82) is 0 Å². The van der Waals surface area contributed by atoms with Crippen LogP contribution in [0.5, 0.6) is 23.0 Å². The van der Waals surface area contributed by atoms with Gasteiger partial charge < -0.3 is 20.1 Å². The Morgan fingerprint density at radius 1 is 0.905 bits per heavy atom. The molecule has 2 rings (SSSR count). The Morgan fingerprint density at radius 3 is 2.00 bits per heavy atom. The monoisotopic (exact) mass is 286 g/mol. The summed E-state index contributed by atoms with van der Waals surface area (Å²) >= 11 is 0. The molecule has 0 heterocycles. The molecule has 5 heteroatoms. The number of carbonyl (C=O) groups excluding carboxylic acids is 1. The first-order valence-electron chi connectivity index (χ1n) is 6.17. The highest BCUT2D eigenvalue weighted by atomic mass is 16.5. The zero-order chi connectivity index (χ0) is 15.4. The molecule has 0 aromatic heterocycles. The zero-order valence-electron chi connectivity index (χ0n) is 11.3. The molecule has 0 radical (unpaired) electrons. The Bertz CT molecular complexity index is 704. The number of rotatable bonds is 3. The Balaban J connectivity index is 2.19. The van der Waals surface area contributed by atoms with Crippen molar-refractivity contribution in [1.82, 2.24) is 0 Å². The molecule has 0 amide bonds. The van der Waals surface area contributed by atoms with Gasteiger partial charge in [-0.25, -0.2) is 0 Å². The molecule has 0 saturated heterocycles. The third-order valence-corrected chi connectivity index (χ3v) is 2.70. The first-order valence-corrected chi connectivity index (χ1v) is 6.17. The van der Waals surface area contributed by atoms with Gasteiger partial charge in [0.15, 0.2) is 23.0 Å². The molecule has 108 valence electrons. The molecule has 5 nitrogen and oxygen atoms in total. The maximum Gasteiger partial charge on any atom is 0.308 e. The number of ether oxygens (including phenoxy) is 1. The first-order chi connectivity index (χ1) is 9.95. The molecule has 0 aliphatic heterocycles. The molecule has 21 heavy (non-hydrogen) atoms. The highest BCUT2D eigenvalue weighted by molar-refractivity contribution is 5.73. The van der Waals surface area contributed by atoms with Crippen molar-refractivity contribution in [3.8, 4) is 23.0 Å². The summed E-state index contributed by atoms with van der Waals surface area (Å²) in [5, 5.41) is 28.3. The number of aromatic hydroxyl groups is 3. The highest BCUT2D eigenvalue weighted by Gasteiger charge is 2.05. The number of hydrogen-bond acceptors (Lipinski definition) is 5. The minimum Gasteiger partial charge on any atom is -0.504 e. The van der Waals surface area contributed by atoms with Gasteiger partial charge in [-0.05, 0) is 35.4 Å². The fourth-order valence-corrected chi connectivity index (χ4v) is 1.72. The van der Waals surface area contributed by atoms with Crippen LogP contribution in [0.4, 0.5) is 0 Å². The summed E-state index contributed by atoms with van der Waals surface area (Å²) in [4.78, 5) is 10.8. The van der Waals surface area contributed by atoms with Crippen LogP contribution in [-0.4, -0.2) is 21.3 Å². The minimum absolute atomic E-state index is 0.0990. The number of esters is 1. The van der Waals surface area contributed by atoms with Crippen LogP contribution in [0.25, 0.3) is 12.2 Å². The largest absolute Gasteiger partial charge is 0.504 e. The van der Waals surface area contributed by atoms with Crippen LogP contribution in [0.3, 0.4) is 0 Å². The van der Waals surface area contributed by atoms with E-state index in [1.165, 1.54) is 31.2 Å². The van der Waals surface area contributed by atoms with Gasteiger partial charge in [0, 0.05) is 6.92 Å². The molecule has 0 unspecified atom stereocenters. The van der Waals surface area contributed by atoms with Gasteiger partial charge >= 0.3 is 5.97 Å². The summed E-state index contributed by atoms with van der Waals surface area (Å²) in [7, 11) is 0. The van der Waals surface area contributed by atoms with Gasteiger partial charge in [0.2, 0.25) is 0 Å². The number of benzene rings is 2. The van der Waals surface area contributed by atoms with Gasteiger partial charge in [0.05, 0.1) is 0 Å². The van der Waals surface area contributed by atoms with E-state index < -0.39 is 5.97 Å². The Hall–Kier alpha value is -2.95. The molecule has 0 atom stereocenters. The SMILES string of the molecule is CC(=O)Oc1ccc(C=Cc2ccc(O)c(O)c2)cc1O. The predicted molar refractivity (Wildman–Crippen MR) is 78.1 cm³/mol. The van der Waals surface area contributed by atoms with Gasteiger partial charge in [0.25, 0.3) is 0 Å². The lowest BCUT2D eigenvalue weighted by atomic mass is 10.1. The fourth-order valence-electron chi connectivity index (χ4n) is 1.72. The van der Waals surface area contributed by atoms with Crippen molar-refractivity contribution in [2.75, 3.05) is 0 Å². The van der Waals surface area contributed by atoms with E-state index in [-0.39, 0.29) is 23.0 Å². The summed E-state index contributed by atoms with van der Waals surface area (Å²) in [6.45, 7) is 1.25. The number of carbonyl (C=O) groups is 1. The first kappa shape index (κ1) is 14.5. The summed E-state index contributed by atoms with van der Waals surface area (Å²) < 4.78 is 4.82. The lowest BCUT2D eigenvalue weighted by Gasteiger charge is -2.04. The molecule has 0 spiro atoms. The maximum atomic E-state index is 10.8. The van der Waals surface area contributed by atoms with E-state index in [0.29, 0.717) is 11.1 Å². The van der Waals surface area contributed by atoms with E-state index in [4.69, 9.17) is 4.74 Å². The molecule has 0 aliphatic carbocycles. The summed E-state index contributed by atoms with van der Waals surface area (Å²) in [6.07, 6.45) is 3.42. The Labute approximate surface area is 121 Å². The molecule has 0 aliphatic rings. The highest BCUT2D eigenvalue weighted by Crippen LogP contribution is 2.29. The summed E-state index contributed by atoms with van der Waals surface area (Å²) in [6, 6.07) is 9.06. The third kappa shape index (κ3) is 3.76. The van der Waals surface area contributed by atoms with Crippen LogP contribution < -0.4 is 4.74 Å². The van der Waals surface area contributed by atoms with Crippen LogP contribution in [-0.2, 0) is 4.79 Å². The van der Waals surface area contributed by atoms with E-state index in [2.05, 4.69) is 0 Å². The van der Waals surface area contributed by atoms with Crippen molar-refractivity contribution in [2.24, 2.45) is 0 Å². The predicted octanol–water partition coefficient (Wildman–Crippen LogP) is 2.90. The van der Waals surface area contributed by atoms with Crippen molar-refractivity contribution < 1.29 is 24.9 Å². The summed E-state index contributed by atoms with van der Waals surface area (Å²) in [5.41, 5.74) is 1.38. The molecule has 0 bridgehead atoms. The van der Waals surface area contributed by atoms with E-state index in [1.807, 2.05) is 0 Å². The van der Waals surface area contributed by atoms with Gasteiger partial charge in [0.1, 0.15) is 0 Å². The summed E-state index contributed by atoms with van der Waals surface area (Å²) in [5.74, 6) is -0.934. The van der Waals surface area contributed by atoms with Gasteiger partial charge in [-0.2, -0.15) is 0 Å². The standard InChI is InChI=1S/C16H14O5/c1-10(17)21-16-7-5-12(9-15(16)20)3-2-11-4-6-13(18)14(19)8-11/h2-9,18-20H,1H3. The normalized spacial score (nSPS) is 10.7. The molecular formula is C16H14O5. The Morgan fingerprint density at radius 2 is 1.48 bits per heavy atom. The molecule has 2 aromatic carbocycles. The lowest BCUT2D eigenvalue weighted by molar-refractivity contribution is -0.132. The Kier molecular flexibility index (Phi) is 4.13. The molecular weight excluding hydrogens is 272 g/mol. The smallest absolute Gasteiger partial charge is 0.308 e. The van der Waals surface area contributed by atoms with Crippen LogP contribution in [0.1, 0.15) is 18.1 Å². The number of phenolic OH excluding ortho intramolecular Hbond substituents is 3. The molecule has 0 fully saturated rings. The van der Waals surface area contributed by atoms with Crippen molar-refractivity contribution in [3.05, 3.63) is 47.5 Å². The van der Waals surface area contributed by atoms with E-state index >= 15 is 0 Å². The van der Waals surface area contributed by atoms with Crippen LogP contribution >= 0.6 is 0 Å². The van der Waals surface area contributed by atoms with Gasteiger partial charge in [-0.3, -0.25) is 4.79 Å². The molecule has 0 saturated carbocycles. The lowest BCUT2D eigenvalue weighted by Crippen LogP contribution is -2.01. The average Bonchev–Trinajstić information content (AvgIpc) is 2.42. The van der Waals surface area contributed by atoms with Crippen LogP contribution in [0.15, 0.2) is 36.4 Å². The number of hydrogen-bond donors (Lipinski definition) is 3. The van der Waals surface area contributed by atoms with Crippen molar-refractivity contribution in [3.63, 3.8) is 0 Å².